The Bertz CT molecular complexity index is 760. The van der Waals surface area contributed by atoms with Crippen LogP contribution in [0.25, 0.3) is 0 Å². The third kappa shape index (κ3) is 5.07. The lowest BCUT2D eigenvalue weighted by atomic mass is 9.60. The highest BCUT2D eigenvalue weighted by atomic mass is 19.1. The van der Waals surface area contributed by atoms with Crippen LogP contribution in [0.2, 0.25) is 0 Å². The van der Waals surface area contributed by atoms with Gasteiger partial charge >= 0.3 is 5.97 Å². The maximum Gasteiger partial charge on any atom is 0.311 e. The molecule has 0 saturated heterocycles. The van der Waals surface area contributed by atoms with Crippen LogP contribution in [0.3, 0.4) is 0 Å². The summed E-state index contributed by atoms with van der Waals surface area (Å²) < 4.78 is 20.8. The third-order valence-corrected chi connectivity index (χ3v) is 7.58. The zero-order valence-electron chi connectivity index (χ0n) is 19.4. The molecule has 2 aliphatic carbocycles. The normalized spacial score (nSPS) is 26.5. The molecule has 168 valence electrons. The predicted octanol–water partition coefficient (Wildman–Crippen LogP) is 6.45. The van der Waals surface area contributed by atoms with Gasteiger partial charge in [-0.3, -0.25) is 4.79 Å². The first kappa shape index (κ1) is 23.2. The zero-order chi connectivity index (χ0) is 21.9. The predicted molar refractivity (Wildman–Crippen MR) is 120 cm³/mol. The van der Waals surface area contributed by atoms with Crippen LogP contribution in [-0.4, -0.2) is 12.0 Å². The van der Waals surface area contributed by atoms with Crippen LogP contribution >= 0.6 is 0 Å². The van der Waals surface area contributed by atoms with E-state index in [1.54, 1.807) is 0 Å². The Morgan fingerprint density at radius 2 is 2.03 bits per heavy atom. The van der Waals surface area contributed by atoms with Gasteiger partial charge in [0, 0.05) is 17.5 Å². The summed E-state index contributed by atoms with van der Waals surface area (Å²) in [5.74, 6) is 0.127. The van der Waals surface area contributed by atoms with Crippen molar-refractivity contribution in [3.63, 3.8) is 0 Å². The molecule has 1 aromatic carbocycles. The molecule has 0 spiro atoms. The summed E-state index contributed by atoms with van der Waals surface area (Å²) in [5.41, 5.74) is 8.08. The summed E-state index contributed by atoms with van der Waals surface area (Å²) in [7, 11) is 0. The molecule has 4 heteroatoms. The quantitative estimate of drug-likeness (QED) is 0.315. The number of rotatable bonds is 7. The number of unbranched alkanes of at least 4 members (excludes halogenated alkanes) is 2. The molecular weight excluding hydrogens is 377 g/mol. The van der Waals surface area contributed by atoms with Gasteiger partial charge in [0.2, 0.25) is 0 Å². The van der Waals surface area contributed by atoms with Crippen molar-refractivity contribution in [3.05, 3.63) is 29.1 Å². The van der Waals surface area contributed by atoms with Gasteiger partial charge in [0.15, 0.2) is 0 Å². The summed E-state index contributed by atoms with van der Waals surface area (Å²) in [6.45, 7) is 8.56. The van der Waals surface area contributed by atoms with Gasteiger partial charge in [0.1, 0.15) is 11.6 Å². The van der Waals surface area contributed by atoms with E-state index in [1.165, 1.54) is 25.3 Å². The molecule has 2 N–H and O–H groups in total. The molecule has 0 amide bonds. The highest BCUT2D eigenvalue weighted by Gasteiger charge is 2.45. The van der Waals surface area contributed by atoms with Crippen molar-refractivity contribution in [2.75, 3.05) is 0 Å². The first-order chi connectivity index (χ1) is 14.2. The van der Waals surface area contributed by atoms with Gasteiger partial charge in [0.25, 0.3) is 0 Å². The standard InChI is InChI=1S/C26H40FNO2/c1-5-6-9-12-25(2,3)17-23(29)30-19-15-21-20(22(27)16-19)14-18-11-8-7-10-13-26(21,4)24(18)28/h15-16,18,24H,5-14,17,28H2,1-4H3. The van der Waals surface area contributed by atoms with Crippen LogP contribution in [0, 0.1) is 17.2 Å². The number of benzene rings is 1. The number of fused-ring (bicyclic) bond motifs is 4. The molecule has 3 nitrogen and oxygen atoms in total. The number of ether oxygens (including phenoxy) is 1. The minimum atomic E-state index is -0.281. The SMILES string of the molecule is CCCCCC(C)(C)CC(=O)Oc1cc(F)c2c(c1)C1(C)CCCCCC(C2)C1N. The molecule has 1 aromatic rings. The van der Waals surface area contributed by atoms with Crippen molar-refractivity contribution in [2.24, 2.45) is 17.1 Å². The lowest BCUT2D eigenvalue weighted by molar-refractivity contribution is -0.136. The summed E-state index contributed by atoms with van der Waals surface area (Å²) in [4.78, 5) is 12.6. The Kier molecular flexibility index (Phi) is 7.27. The summed E-state index contributed by atoms with van der Waals surface area (Å²) in [6, 6.07) is 3.33. The largest absolute Gasteiger partial charge is 0.426 e. The van der Waals surface area contributed by atoms with Gasteiger partial charge in [-0.15, -0.1) is 0 Å². The fraction of sp³-hybridized carbons (Fsp3) is 0.731. The van der Waals surface area contributed by atoms with E-state index in [0.717, 1.165) is 49.7 Å². The molecule has 3 rings (SSSR count). The number of carbonyl (C=O) groups is 1. The van der Waals surface area contributed by atoms with Gasteiger partial charge in [-0.25, -0.2) is 4.39 Å². The first-order valence-corrected chi connectivity index (χ1v) is 12.0. The lowest BCUT2D eigenvalue weighted by Gasteiger charge is -2.47. The average molecular weight is 418 g/mol. The van der Waals surface area contributed by atoms with E-state index in [9.17, 15) is 4.79 Å². The van der Waals surface area contributed by atoms with E-state index in [2.05, 4.69) is 27.7 Å². The molecule has 2 bridgehead atoms. The Labute approximate surface area is 181 Å². The second-order valence-corrected chi connectivity index (χ2v) is 10.7. The highest BCUT2D eigenvalue weighted by molar-refractivity contribution is 5.73. The van der Waals surface area contributed by atoms with Gasteiger partial charge in [-0.1, -0.05) is 66.2 Å². The van der Waals surface area contributed by atoms with E-state index in [1.807, 2.05) is 6.07 Å². The van der Waals surface area contributed by atoms with Crippen LogP contribution in [0.5, 0.6) is 5.75 Å². The number of carbonyl (C=O) groups excluding carboxylic acids is 1. The number of hydrogen-bond donors (Lipinski definition) is 1. The molecular formula is C26H40FNO2. The number of nitrogens with two attached hydrogens (primary N) is 1. The highest BCUT2D eigenvalue weighted by Crippen LogP contribution is 2.47. The van der Waals surface area contributed by atoms with Crippen molar-refractivity contribution in [2.45, 2.75) is 110 Å². The van der Waals surface area contributed by atoms with E-state index >= 15 is 4.39 Å². The topological polar surface area (TPSA) is 52.3 Å². The third-order valence-electron chi connectivity index (χ3n) is 7.58. The Morgan fingerprint density at radius 3 is 2.77 bits per heavy atom. The Hall–Kier alpha value is -1.42. The smallest absolute Gasteiger partial charge is 0.311 e. The van der Waals surface area contributed by atoms with Gasteiger partial charge < -0.3 is 10.5 Å². The lowest BCUT2D eigenvalue weighted by Crippen LogP contribution is -2.53. The average Bonchev–Trinajstić information content (AvgIpc) is 2.65. The minimum absolute atomic E-state index is 0.0214. The number of halogens is 1. The molecule has 0 aromatic heterocycles. The maximum absolute atomic E-state index is 15.1. The Balaban J connectivity index is 1.80. The molecule has 3 atom stereocenters. The molecule has 0 aliphatic heterocycles. The molecule has 1 fully saturated rings. The van der Waals surface area contributed by atoms with Crippen molar-refractivity contribution in [3.8, 4) is 5.75 Å². The molecule has 3 unspecified atom stereocenters. The van der Waals surface area contributed by atoms with E-state index < -0.39 is 0 Å². The van der Waals surface area contributed by atoms with Crippen molar-refractivity contribution in [1.29, 1.82) is 0 Å². The molecule has 2 aliphatic rings. The Morgan fingerprint density at radius 1 is 1.27 bits per heavy atom. The maximum atomic E-state index is 15.1. The van der Waals surface area contributed by atoms with Crippen LogP contribution < -0.4 is 10.5 Å². The van der Waals surface area contributed by atoms with E-state index in [0.29, 0.717) is 24.5 Å². The molecule has 0 radical (unpaired) electrons. The minimum Gasteiger partial charge on any atom is -0.426 e. The van der Waals surface area contributed by atoms with Crippen molar-refractivity contribution >= 4 is 5.97 Å². The van der Waals surface area contributed by atoms with Crippen molar-refractivity contribution < 1.29 is 13.9 Å². The second kappa shape index (κ2) is 9.38. The van der Waals surface area contributed by atoms with Crippen molar-refractivity contribution in [1.82, 2.24) is 0 Å². The van der Waals surface area contributed by atoms with Crippen LogP contribution in [0.1, 0.15) is 103 Å². The van der Waals surface area contributed by atoms with Crippen LogP contribution in [0.15, 0.2) is 12.1 Å². The van der Waals surface area contributed by atoms with E-state index in [4.69, 9.17) is 10.5 Å². The van der Waals surface area contributed by atoms with Crippen LogP contribution in [-0.2, 0) is 16.6 Å². The fourth-order valence-corrected chi connectivity index (χ4v) is 5.64. The first-order valence-electron chi connectivity index (χ1n) is 12.0. The summed E-state index contributed by atoms with van der Waals surface area (Å²) in [6.07, 6.45) is 11.0. The number of esters is 1. The number of hydrogen-bond acceptors (Lipinski definition) is 3. The van der Waals surface area contributed by atoms with Gasteiger partial charge in [0.05, 0.1) is 6.42 Å². The second-order valence-electron chi connectivity index (χ2n) is 10.7. The monoisotopic (exact) mass is 417 g/mol. The van der Waals surface area contributed by atoms with Crippen LogP contribution in [0.4, 0.5) is 4.39 Å². The molecule has 1 saturated carbocycles. The summed E-state index contributed by atoms with van der Waals surface area (Å²) in [5, 5.41) is 0. The fourth-order valence-electron chi connectivity index (χ4n) is 5.64. The van der Waals surface area contributed by atoms with E-state index in [-0.39, 0.29) is 28.7 Å². The van der Waals surface area contributed by atoms with Gasteiger partial charge in [-0.05, 0) is 54.2 Å². The van der Waals surface area contributed by atoms with Gasteiger partial charge in [-0.2, -0.15) is 0 Å². The molecule has 0 heterocycles. The zero-order valence-corrected chi connectivity index (χ0v) is 19.4. The molecule has 30 heavy (non-hydrogen) atoms. The summed E-state index contributed by atoms with van der Waals surface area (Å²) >= 11 is 0.